The number of hydrogen-bond donors (Lipinski definition) is 1. The van der Waals surface area contributed by atoms with Crippen molar-refractivity contribution < 1.29 is 42.9 Å². The maximum atomic E-state index is 12.9. The van der Waals surface area contributed by atoms with Gasteiger partial charge in [0.1, 0.15) is 11.4 Å². The molecule has 2 aromatic rings. The SMILES string of the molecule is CCOC(=O)C(Oc1cc(C(=O)NCC(=O)N2CCN(C(=O)OCC)CC2)nc2ccccc12)C(=O)OCC. The van der Waals surface area contributed by atoms with Gasteiger partial charge in [-0.3, -0.25) is 9.59 Å². The van der Waals surface area contributed by atoms with Gasteiger partial charge in [0.05, 0.1) is 31.9 Å². The lowest BCUT2D eigenvalue weighted by atomic mass is 10.1. The number of pyridine rings is 1. The minimum Gasteiger partial charge on any atom is -0.466 e. The number of nitrogens with zero attached hydrogens (tertiary/aromatic N) is 3. The first kappa shape index (κ1) is 29.1. The number of para-hydroxylation sites is 1. The van der Waals surface area contributed by atoms with Crippen LogP contribution in [0.25, 0.3) is 10.9 Å². The molecule has 0 atom stereocenters. The number of piperazine rings is 1. The van der Waals surface area contributed by atoms with Crippen LogP contribution in [0.3, 0.4) is 0 Å². The molecule has 1 aromatic heterocycles. The Labute approximate surface area is 225 Å². The highest BCUT2D eigenvalue weighted by atomic mass is 16.6. The second-order valence-corrected chi connectivity index (χ2v) is 8.27. The van der Waals surface area contributed by atoms with Crippen molar-refractivity contribution in [2.24, 2.45) is 0 Å². The molecule has 1 aliphatic heterocycles. The van der Waals surface area contributed by atoms with E-state index in [2.05, 4.69) is 10.3 Å². The van der Waals surface area contributed by atoms with Crippen LogP contribution in [0, 0.1) is 0 Å². The van der Waals surface area contributed by atoms with Gasteiger partial charge in [-0.1, -0.05) is 12.1 Å². The van der Waals surface area contributed by atoms with E-state index < -0.39 is 30.0 Å². The Morgan fingerprint density at radius 3 is 2.08 bits per heavy atom. The number of benzene rings is 1. The molecule has 1 aromatic carbocycles. The first-order valence-corrected chi connectivity index (χ1v) is 12.7. The van der Waals surface area contributed by atoms with Crippen LogP contribution < -0.4 is 10.1 Å². The molecule has 1 saturated heterocycles. The number of hydrogen-bond acceptors (Lipinski definition) is 10. The molecule has 0 bridgehead atoms. The largest absolute Gasteiger partial charge is 0.466 e. The Hall–Kier alpha value is -4.42. The van der Waals surface area contributed by atoms with Crippen LogP contribution in [0.4, 0.5) is 4.79 Å². The van der Waals surface area contributed by atoms with E-state index in [1.807, 2.05) is 0 Å². The molecule has 3 amide bonds. The van der Waals surface area contributed by atoms with Gasteiger partial charge in [0.2, 0.25) is 5.91 Å². The first-order valence-electron chi connectivity index (χ1n) is 12.7. The number of amides is 3. The fourth-order valence-electron chi connectivity index (χ4n) is 3.82. The smallest absolute Gasteiger partial charge is 0.409 e. The van der Waals surface area contributed by atoms with E-state index in [-0.39, 0.29) is 43.7 Å². The van der Waals surface area contributed by atoms with Gasteiger partial charge in [-0.05, 0) is 32.9 Å². The minimum atomic E-state index is -1.71. The highest BCUT2D eigenvalue weighted by Gasteiger charge is 2.33. The van der Waals surface area contributed by atoms with Crippen LogP contribution in [-0.4, -0.2) is 103 Å². The fourth-order valence-corrected chi connectivity index (χ4v) is 3.82. The quantitative estimate of drug-likeness (QED) is 0.262. The average Bonchev–Trinajstić information content (AvgIpc) is 2.94. The molecule has 0 unspecified atom stereocenters. The number of ether oxygens (including phenoxy) is 4. The molecule has 1 N–H and O–H groups in total. The summed E-state index contributed by atoms with van der Waals surface area (Å²) in [5.41, 5.74) is 0.281. The van der Waals surface area contributed by atoms with Gasteiger partial charge < -0.3 is 34.1 Å². The number of aromatic nitrogens is 1. The maximum absolute atomic E-state index is 12.9. The van der Waals surface area contributed by atoms with Crippen molar-refractivity contribution in [1.29, 1.82) is 0 Å². The number of nitrogens with one attached hydrogen (secondary N) is 1. The lowest BCUT2D eigenvalue weighted by Crippen LogP contribution is -2.52. The van der Waals surface area contributed by atoms with E-state index in [1.54, 1.807) is 49.9 Å². The fraction of sp³-hybridized carbons (Fsp3) is 0.462. The number of carbonyl (C=O) groups excluding carboxylic acids is 5. The number of carbonyl (C=O) groups is 5. The van der Waals surface area contributed by atoms with Crippen LogP contribution in [-0.2, 0) is 28.6 Å². The van der Waals surface area contributed by atoms with Crippen LogP contribution >= 0.6 is 0 Å². The predicted molar refractivity (Wildman–Crippen MR) is 137 cm³/mol. The van der Waals surface area contributed by atoms with Crippen molar-refractivity contribution in [2.45, 2.75) is 26.9 Å². The third-order valence-electron chi connectivity index (χ3n) is 5.72. The lowest BCUT2D eigenvalue weighted by molar-refractivity contribution is -0.166. The number of esters is 2. The molecular weight excluding hydrogens is 512 g/mol. The first-order chi connectivity index (χ1) is 18.8. The Kier molecular flexibility index (Phi) is 10.4. The highest BCUT2D eigenvalue weighted by Crippen LogP contribution is 2.27. The Bertz CT molecular complexity index is 1190. The van der Waals surface area contributed by atoms with E-state index in [9.17, 15) is 24.0 Å². The molecule has 3 rings (SSSR count). The topological polar surface area (TPSA) is 154 Å². The zero-order valence-electron chi connectivity index (χ0n) is 22.1. The second kappa shape index (κ2) is 13.9. The molecule has 39 heavy (non-hydrogen) atoms. The van der Waals surface area contributed by atoms with E-state index in [0.29, 0.717) is 37.1 Å². The van der Waals surface area contributed by atoms with Gasteiger partial charge in [0.25, 0.3) is 12.0 Å². The summed E-state index contributed by atoms with van der Waals surface area (Å²) in [6.45, 7) is 6.19. The zero-order chi connectivity index (χ0) is 28.4. The summed E-state index contributed by atoms with van der Waals surface area (Å²) in [6.07, 6.45) is -2.13. The molecule has 0 radical (unpaired) electrons. The molecule has 0 aliphatic carbocycles. The molecule has 13 nitrogen and oxygen atoms in total. The standard InChI is InChI=1S/C26H32N4O9/c1-4-36-24(33)22(25(34)37-5-2)39-20-15-19(28-18-10-8-7-9-17(18)20)23(32)27-16-21(31)29-11-13-30(14-12-29)26(35)38-6-3/h7-10,15,22H,4-6,11-14,16H2,1-3H3,(H,27,32). The van der Waals surface area contributed by atoms with Gasteiger partial charge in [-0.15, -0.1) is 0 Å². The summed E-state index contributed by atoms with van der Waals surface area (Å²) >= 11 is 0. The summed E-state index contributed by atoms with van der Waals surface area (Å²) in [4.78, 5) is 69.7. The summed E-state index contributed by atoms with van der Waals surface area (Å²) in [6, 6.07) is 7.99. The van der Waals surface area contributed by atoms with Crippen molar-refractivity contribution >= 4 is 40.7 Å². The van der Waals surface area contributed by atoms with Crippen molar-refractivity contribution in [1.82, 2.24) is 20.1 Å². The lowest BCUT2D eigenvalue weighted by Gasteiger charge is -2.34. The molecular formula is C26H32N4O9. The monoisotopic (exact) mass is 544 g/mol. The second-order valence-electron chi connectivity index (χ2n) is 8.27. The Balaban J connectivity index is 1.72. The summed E-state index contributed by atoms with van der Waals surface area (Å²) in [5, 5.41) is 2.99. The van der Waals surface area contributed by atoms with Gasteiger partial charge in [-0.25, -0.2) is 19.4 Å². The Morgan fingerprint density at radius 1 is 0.872 bits per heavy atom. The number of fused-ring (bicyclic) bond motifs is 1. The summed E-state index contributed by atoms with van der Waals surface area (Å²) in [5.74, 6) is -2.81. The molecule has 1 fully saturated rings. The molecule has 2 heterocycles. The van der Waals surface area contributed by atoms with Crippen LogP contribution in [0.15, 0.2) is 30.3 Å². The normalized spacial score (nSPS) is 13.1. The summed E-state index contributed by atoms with van der Waals surface area (Å²) < 4.78 is 20.6. The molecule has 210 valence electrons. The van der Waals surface area contributed by atoms with Crippen molar-refractivity contribution in [2.75, 3.05) is 52.5 Å². The van der Waals surface area contributed by atoms with E-state index in [0.717, 1.165) is 0 Å². The maximum Gasteiger partial charge on any atom is 0.409 e. The van der Waals surface area contributed by atoms with E-state index >= 15 is 0 Å². The zero-order valence-corrected chi connectivity index (χ0v) is 22.1. The predicted octanol–water partition coefficient (Wildman–Crippen LogP) is 1.14. The molecule has 13 heteroatoms. The third kappa shape index (κ3) is 7.55. The van der Waals surface area contributed by atoms with E-state index in [1.165, 1.54) is 11.0 Å². The molecule has 1 aliphatic rings. The van der Waals surface area contributed by atoms with Crippen molar-refractivity contribution in [3.63, 3.8) is 0 Å². The molecule has 0 saturated carbocycles. The van der Waals surface area contributed by atoms with Crippen molar-refractivity contribution in [3.8, 4) is 5.75 Å². The minimum absolute atomic E-state index is 0.0226. The van der Waals surface area contributed by atoms with Gasteiger partial charge in [-0.2, -0.15) is 0 Å². The third-order valence-corrected chi connectivity index (χ3v) is 5.72. The summed E-state index contributed by atoms with van der Waals surface area (Å²) in [7, 11) is 0. The number of rotatable bonds is 10. The van der Waals surface area contributed by atoms with Gasteiger partial charge in [0.15, 0.2) is 0 Å². The highest BCUT2D eigenvalue weighted by molar-refractivity contribution is 6.01. The average molecular weight is 545 g/mol. The van der Waals surface area contributed by atoms with Crippen molar-refractivity contribution in [3.05, 3.63) is 36.0 Å². The van der Waals surface area contributed by atoms with Gasteiger partial charge >= 0.3 is 18.0 Å². The van der Waals surface area contributed by atoms with Crippen LogP contribution in [0.1, 0.15) is 31.3 Å². The van der Waals surface area contributed by atoms with Crippen LogP contribution in [0.2, 0.25) is 0 Å². The molecule has 0 spiro atoms. The van der Waals surface area contributed by atoms with E-state index in [4.69, 9.17) is 18.9 Å². The van der Waals surface area contributed by atoms with Crippen LogP contribution in [0.5, 0.6) is 5.75 Å². The van der Waals surface area contributed by atoms with Gasteiger partial charge in [0, 0.05) is 37.6 Å². The Morgan fingerprint density at radius 2 is 1.46 bits per heavy atom.